The van der Waals surface area contributed by atoms with Crippen molar-refractivity contribution in [2.75, 3.05) is 7.11 Å². The number of ether oxygens (including phenoxy) is 1. The van der Waals surface area contributed by atoms with Gasteiger partial charge in [0.25, 0.3) is 0 Å². The molecule has 0 aliphatic rings. The Labute approximate surface area is 174 Å². The Morgan fingerprint density at radius 2 is 1.55 bits per heavy atom. The molecule has 0 fully saturated rings. The first-order valence-corrected chi connectivity index (χ1v) is 10.7. The maximum atomic E-state index is 12.4. The number of carbonyl (C=O) groups excluding carboxylic acids is 3. The van der Waals surface area contributed by atoms with Crippen molar-refractivity contribution in [1.29, 1.82) is 0 Å². The van der Waals surface area contributed by atoms with Crippen LogP contribution in [-0.4, -0.2) is 37.0 Å². The number of benzene rings is 1. The minimum absolute atomic E-state index is 0.140. The Bertz CT molecular complexity index is 619. The Balaban J connectivity index is 2.39. The van der Waals surface area contributed by atoms with E-state index in [0.29, 0.717) is 12.8 Å². The van der Waals surface area contributed by atoms with E-state index in [9.17, 15) is 14.4 Å². The number of hydrogen-bond donors (Lipinski definition) is 2. The average Bonchev–Trinajstić information content (AvgIpc) is 2.72. The molecule has 0 heterocycles. The second kappa shape index (κ2) is 14.6. The molecular weight excluding hydrogens is 368 g/mol. The second-order valence-corrected chi connectivity index (χ2v) is 7.43. The number of hydrogen-bond acceptors (Lipinski definition) is 4. The van der Waals surface area contributed by atoms with Crippen molar-refractivity contribution in [1.82, 2.24) is 10.6 Å². The van der Waals surface area contributed by atoms with Crippen molar-refractivity contribution >= 4 is 17.8 Å². The van der Waals surface area contributed by atoms with E-state index in [4.69, 9.17) is 4.74 Å². The molecule has 0 spiro atoms. The average molecular weight is 405 g/mol. The predicted octanol–water partition coefficient (Wildman–Crippen LogP) is 3.53. The minimum Gasteiger partial charge on any atom is -0.467 e. The first-order chi connectivity index (χ1) is 14.0. The van der Waals surface area contributed by atoms with E-state index in [1.165, 1.54) is 32.8 Å². The van der Waals surface area contributed by atoms with Gasteiger partial charge in [0.1, 0.15) is 12.1 Å². The van der Waals surface area contributed by atoms with Crippen LogP contribution in [0.5, 0.6) is 0 Å². The summed E-state index contributed by atoms with van der Waals surface area (Å²) in [6.07, 6.45) is 8.70. The third-order valence-corrected chi connectivity index (χ3v) is 4.86. The first kappa shape index (κ1) is 24.7. The summed E-state index contributed by atoms with van der Waals surface area (Å²) in [6, 6.07) is 7.90. The van der Waals surface area contributed by atoms with Crippen molar-refractivity contribution < 1.29 is 19.1 Å². The lowest BCUT2D eigenvalue weighted by Crippen LogP contribution is -2.51. The third-order valence-electron chi connectivity index (χ3n) is 4.86. The Morgan fingerprint density at radius 3 is 2.17 bits per heavy atom. The number of unbranched alkanes of at least 4 members (excludes halogenated alkanes) is 6. The van der Waals surface area contributed by atoms with Gasteiger partial charge in [-0.1, -0.05) is 75.8 Å². The lowest BCUT2D eigenvalue weighted by molar-refractivity contribution is -0.145. The molecule has 2 N–H and O–H groups in total. The van der Waals surface area contributed by atoms with Crippen molar-refractivity contribution in [3.05, 3.63) is 35.9 Å². The summed E-state index contributed by atoms with van der Waals surface area (Å²) in [5.74, 6) is -1.05. The van der Waals surface area contributed by atoms with Crippen LogP contribution in [0.25, 0.3) is 0 Å². The van der Waals surface area contributed by atoms with E-state index in [1.54, 1.807) is 6.92 Å². The van der Waals surface area contributed by atoms with Gasteiger partial charge in [-0.25, -0.2) is 4.79 Å². The smallest absolute Gasteiger partial charge is 0.328 e. The highest BCUT2D eigenvalue weighted by Crippen LogP contribution is 2.08. The number of carbonyl (C=O) groups is 3. The van der Waals surface area contributed by atoms with Gasteiger partial charge >= 0.3 is 5.97 Å². The summed E-state index contributed by atoms with van der Waals surface area (Å²) < 4.78 is 4.81. The molecule has 1 rings (SSSR count). The topological polar surface area (TPSA) is 84.5 Å². The standard InChI is InChI=1S/C23H36N2O4/c1-4-5-6-7-8-9-13-16-21(26)24-18(2)22(27)25-20(23(28)29-3)17-19-14-11-10-12-15-19/h10-12,14-15,18,20H,4-9,13,16-17H2,1-3H3,(H,24,26)(H,25,27). The first-order valence-electron chi connectivity index (χ1n) is 10.7. The highest BCUT2D eigenvalue weighted by Gasteiger charge is 2.25. The normalized spacial score (nSPS) is 12.7. The fourth-order valence-electron chi connectivity index (χ4n) is 3.10. The van der Waals surface area contributed by atoms with Crippen molar-refractivity contribution in [2.45, 2.75) is 83.7 Å². The molecular formula is C23H36N2O4. The van der Waals surface area contributed by atoms with Gasteiger partial charge in [0.15, 0.2) is 0 Å². The van der Waals surface area contributed by atoms with Gasteiger partial charge in [0.05, 0.1) is 7.11 Å². The number of rotatable bonds is 14. The molecule has 1 aromatic carbocycles. The van der Waals surface area contributed by atoms with E-state index < -0.39 is 24.0 Å². The lowest BCUT2D eigenvalue weighted by Gasteiger charge is -2.20. The third kappa shape index (κ3) is 10.7. The van der Waals surface area contributed by atoms with Crippen LogP contribution in [0.4, 0.5) is 0 Å². The van der Waals surface area contributed by atoms with Crippen molar-refractivity contribution in [2.24, 2.45) is 0 Å². The molecule has 1 aromatic rings. The lowest BCUT2D eigenvalue weighted by atomic mass is 10.1. The van der Waals surface area contributed by atoms with Gasteiger partial charge in [-0.05, 0) is 18.9 Å². The van der Waals surface area contributed by atoms with Crippen LogP contribution in [0.1, 0.15) is 70.8 Å². The molecule has 0 radical (unpaired) electrons. The molecule has 2 unspecified atom stereocenters. The molecule has 6 heteroatoms. The quantitative estimate of drug-likeness (QED) is 0.367. The van der Waals surface area contributed by atoms with E-state index in [0.717, 1.165) is 24.8 Å². The Morgan fingerprint density at radius 1 is 0.931 bits per heavy atom. The summed E-state index contributed by atoms with van der Waals surface area (Å²) in [6.45, 7) is 3.81. The molecule has 0 saturated carbocycles. The fourth-order valence-corrected chi connectivity index (χ4v) is 3.10. The molecule has 0 bridgehead atoms. The number of esters is 1. The summed E-state index contributed by atoms with van der Waals surface area (Å²) in [5.41, 5.74) is 0.916. The highest BCUT2D eigenvalue weighted by molar-refractivity contribution is 5.90. The zero-order chi connectivity index (χ0) is 21.5. The molecule has 0 aromatic heterocycles. The summed E-state index contributed by atoms with van der Waals surface area (Å²) in [7, 11) is 1.29. The molecule has 6 nitrogen and oxygen atoms in total. The largest absolute Gasteiger partial charge is 0.467 e. The van der Waals surface area contributed by atoms with Crippen LogP contribution in [0.15, 0.2) is 30.3 Å². The van der Waals surface area contributed by atoms with E-state index in [2.05, 4.69) is 17.6 Å². The Hall–Kier alpha value is -2.37. The number of methoxy groups -OCH3 is 1. The minimum atomic E-state index is -0.794. The van der Waals surface area contributed by atoms with Gasteiger partial charge < -0.3 is 15.4 Å². The van der Waals surface area contributed by atoms with Crippen LogP contribution in [0.3, 0.4) is 0 Å². The molecule has 0 saturated heterocycles. The maximum Gasteiger partial charge on any atom is 0.328 e. The molecule has 2 amide bonds. The van der Waals surface area contributed by atoms with Gasteiger partial charge in [-0.3, -0.25) is 9.59 Å². The summed E-state index contributed by atoms with van der Waals surface area (Å²) in [5, 5.41) is 5.40. The fraction of sp³-hybridized carbons (Fsp3) is 0.609. The van der Waals surface area contributed by atoms with Crippen LogP contribution < -0.4 is 10.6 Å². The monoisotopic (exact) mass is 404 g/mol. The van der Waals surface area contributed by atoms with Crippen molar-refractivity contribution in [3.8, 4) is 0 Å². The molecule has 162 valence electrons. The summed E-state index contributed by atoms with van der Waals surface area (Å²) >= 11 is 0. The van der Waals surface area contributed by atoms with Gasteiger partial charge in [-0.15, -0.1) is 0 Å². The van der Waals surface area contributed by atoms with Crippen LogP contribution in [0, 0.1) is 0 Å². The summed E-state index contributed by atoms with van der Waals surface area (Å²) in [4.78, 5) is 36.6. The zero-order valence-electron chi connectivity index (χ0n) is 18.0. The predicted molar refractivity (Wildman–Crippen MR) is 114 cm³/mol. The molecule has 2 atom stereocenters. The molecule has 29 heavy (non-hydrogen) atoms. The van der Waals surface area contributed by atoms with Gasteiger partial charge in [0, 0.05) is 12.8 Å². The van der Waals surface area contributed by atoms with Crippen LogP contribution in [-0.2, 0) is 25.5 Å². The molecule has 0 aliphatic carbocycles. The van der Waals surface area contributed by atoms with Gasteiger partial charge in [-0.2, -0.15) is 0 Å². The van der Waals surface area contributed by atoms with Gasteiger partial charge in [0.2, 0.25) is 11.8 Å². The highest BCUT2D eigenvalue weighted by atomic mass is 16.5. The maximum absolute atomic E-state index is 12.4. The van der Waals surface area contributed by atoms with E-state index in [-0.39, 0.29) is 5.91 Å². The van der Waals surface area contributed by atoms with E-state index in [1.807, 2.05) is 30.3 Å². The Kier molecular flexibility index (Phi) is 12.4. The van der Waals surface area contributed by atoms with Crippen LogP contribution >= 0.6 is 0 Å². The van der Waals surface area contributed by atoms with Crippen molar-refractivity contribution in [3.63, 3.8) is 0 Å². The SMILES string of the molecule is CCCCCCCCCC(=O)NC(C)C(=O)NC(Cc1ccccc1)C(=O)OC. The second-order valence-electron chi connectivity index (χ2n) is 7.43. The van der Waals surface area contributed by atoms with Crippen LogP contribution in [0.2, 0.25) is 0 Å². The van der Waals surface area contributed by atoms with E-state index >= 15 is 0 Å². The molecule has 0 aliphatic heterocycles. The number of amides is 2. The number of nitrogens with one attached hydrogen (secondary N) is 2. The zero-order valence-corrected chi connectivity index (χ0v) is 18.0.